The van der Waals surface area contributed by atoms with Crippen molar-refractivity contribution in [3.63, 3.8) is 0 Å². The molecule has 2 N–H and O–H groups in total. The molecule has 2 rings (SSSR count). The Kier molecular flexibility index (Phi) is 6.97. The van der Waals surface area contributed by atoms with Crippen LogP contribution in [0.1, 0.15) is 11.1 Å². The number of ether oxygens (including phenoxy) is 2. The van der Waals surface area contributed by atoms with Crippen molar-refractivity contribution >= 4 is 18.1 Å². The molecule has 1 amide bonds. The first-order valence-corrected chi connectivity index (χ1v) is 8.06. The van der Waals surface area contributed by atoms with E-state index >= 15 is 0 Å². The minimum Gasteiger partial charge on any atom is -0.493 e. The highest BCUT2D eigenvalue weighted by Gasteiger charge is 2.12. The van der Waals surface area contributed by atoms with Gasteiger partial charge in [-0.1, -0.05) is 36.4 Å². The Morgan fingerprint density at radius 2 is 1.93 bits per heavy atom. The van der Waals surface area contributed by atoms with Crippen molar-refractivity contribution < 1.29 is 24.2 Å². The largest absolute Gasteiger partial charge is 0.511 e. The number of methoxy groups -OCH3 is 1. The number of nitriles is 1. The molecule has 0 spiro atoms. The van der Waals surface area contributed by atoms with Gasteiger partial charge in [-0.25, -0.2) is 4.79 Å². The molecular formula is C20H18N2O5. The first-order valence-electron chi connectivity index (χ1n) is 8.06. The molecule has 0 radical (unpaired) electrons. The summed E-state index contributed by atoms with van der Waals surface area (Å²) in [4.78, 5) is 22.9. The number of nitrogens with zero attached hydrogens (tertiary/aromatic N) is 1. The van der Waals surface area contributed by atoms with E-state index < -0.39 is 12.1 Å². The van der Waals surface area contributed by atoms with Crippen LogP contribution in [-0.2, 0) is 11.2 Å². The van der Waals surface area contributed by atoms with Crippen LogP contribution in [0.5, 0.6) is 11.5 Å². The molecule has 27 heavy (non-hydrogen) atoms. The van der Waals surface area contributed by atoms with Crippen LogP contribution in [0.25, 0.3) is 6.08 Å². The Morgan fingerprint density at radius 1 is 1.19 bits per heavy atom. The van der Waals surface area contributed by atoms with E-state index in [0.717, 1.165) is 5.56 Å². The summed E-state index contributed by atoms with van der Waals surface area (Å²) < 4.78 is 9.67. The van der Waals surface area contributed by atoms with Gasteiger partial charge in [-0.05, 0) is 35.8 Å². The van der Waals surface area contributed by atoms with Crippen LogP contribution in [0.15, 0.2) is 54.1 Å². The Morgan fingerprint density at radius 3 is 2.56 bits per heavy atom. The molecular weight excluding hydrogens is 348 g/mol. The molecule has 0 atom stereocenters. The molecule has 138 valence electrons. The van der Waals surface area contributed by atoms with Gasteiger partial charge in [0.2, 0.25) is 0 Å². The molecule has 0 aliphatic heterocycles. The van der Waals surface area contributed by atoms with Crippen molar-refractivity contribution in [1.29, 1.82) is 5.26 Å². The second-order valence-electron chi connectivity index (χ2n) is 5.44. The zero-order valence-electron chi connectivity index (χ0n) is 14.6. The van der Waals surface area contributed by atoms with Gasteiger partial charge in [0, 0.05) is 6.54 Å². The molecule has 0 saturated heterocycles. The fourth-order valence-electron chi connectivity index (χ4n) is 2.33. The van der Waals surface area contributed by atoms with Gasteiger partial charge < -0.3 is 19.9 Å². The molecule has 0 unspecified atom stereocenters. The SMILES string of the molecule is COc1cc(/C=C(/C#N)C(=O)NCCc2ccccc2)ccc1OC(=O)O. The molecule has 0 bridgehead atoms. The van der Waals surface area contributed by atoms with Gasteiger partial charge in [0.1, 0.15) is 11.6 Å². The summed E-state index contributed by atoms with van der Waals surface area (Å²) in [5.41, 5.74) is 1.51. The van der Waals surface area contributed by atoms with Crippen LogP contribution in [-0.4, -0.2) is 30.8 Å². The van der Waals surface area contributed by atoms with Crippen molar-refractivity contribution in [3.05, 3.63) is 65.2 Å². The summed E-state index contributed by atoms with van der Waals surface area (Å²) in [7, 11) is 1.36. The number of amides is 1. The molecule has 0 aliphatic rings. The standard InChI is InChI=1S/C20H18N2O5/c1-26-18-12-15(7-8-17(18)27-20(24)25)11-16(13-21)19(23)22-10-9-14-5-3-2-4-6-14/h2-8,11-12H,9-10H2,1H3,(H,22,23)(H,24,25)/b16-11-. The van der Waals surface area contributed by atoms with E-state index in [9.17, 15) is 14.9 Å². The van der Waals surface area contributed by atoms with E-state index in [1.165, 1.54) is 31.4 Å². The number of hydrogen-bond donors (Lipinski definition) is 2. The van der Waals surface area contributed by atoms with E-state index in [-0.39, 0.29) is 17.1 Å². The maximum Gasteiger partial charge on any atom is 0.511 e. The smallest absolute Gasteiger partial charge is 0.493 e. The van der Waals surface area contributed by atoms with Gasteiger partial charge in [-0.3, -0.25) is 4.79 Å². The predicted molar refractivity (Wildman–Crippen MR) is 98.4 cm³/mol. The Bertz CT molecular complexity index is 885. The topological polar surface area (TPSA) is 109 Å². The van der Waals surface area contributed by atoms with Gasteiger partial charge in [0.05, 0.1) is 7.11 Å². The lowest BCUT2D eigenvalue weighted by atomic mass is 10.1. The molecule has 7 nitrogen and oxygen atoms in total. The van der Waals surface area contributed by atoms with Crippen LogP contribution in [0.4, 0.5) is 4.79 Å². The zero-order valence-corrected chi connectivity index (χ0v) is 14.6. The molecule has 7 heteroatoms. The van der Waals surface area contributed by atoms with Crippen molar-refractivity contribution in [2.24, 2.45) is 0 Å². The molecule has 0 heterocycles. The third kappa shape index (κ3) is 5.90. The van der Waals surface area contributed by atoms with Gasteiger partial charge >= 0.3 is 6.16 Å². The van der Waals surface area contributed by atoms with Gasteiger partial charge in [0.15, 0.2) is 11.5 Å². The summed E-state index contributed by atoms with van der Waals surface area (Å²) in [5.74, 6) is -0.292. The summed E-state index contributed by atoms with van der Waals surface area (Å²) in [5, 5.41) is 20.7. The van der Waals surface area contributed by atoms with Gasteiger partial charge in [-0.2, -0.15) is 5.26 Å². The van der Waals surface area contributed by atoms with Crippen LogP contribution < -0.4 is 14.8 Å². The Hall–Kier alpha value is -3.79. The lowest BCUT2D eigenvalue weighted by Gasteiger charge is -2.08. The van der Waals surface area contributed by atoms with E-state index in [2.05, 4.69) is 10.1 Å². The molecule has 0 aliphatic carbocycles. The number of carboxylic acid groups (broad SMARTS) is 1. The third-order valence-corrected chi connectivity index (χ3v) is 3.60. The maximum absolute atomic E-state index is 12.2. The lowest BCUT2D eigenvalue weighted by molar-refractivity contribution is -0.117. The number of benzene rings is 2. The van der Waals surface area contributed by atoms with Gasteiger partial charge in [-0.15, -0.1) is 0 Å². The van der Waals surface area contributed by atoms with Crippen LogP contribution >= 0.6 is 0 Å². The third-order valence-electron chi connectivity index (χ3n) is 3.60. The van der Waals surface area contributed by atoms with Gasteiger partial charge in [0.25, 0.3) is 5.91 Å². The van der Waals surface area contributed by atoms with Crippen molar-refractivity contribution in [2.45, 2.75) is 6.42 Å². The number of rotatable bonds is 7. The molecule has 0 saturated carbocycles. The Balaban J connectivity index is 2.07. The molecule has 2 aromatic rings. The fraction of sp³-hybridized carbons (Fsp3) is 0.150. The average Bonchev–Trinajstić information content (AvgIpc) is 2.67. The Labute approximate surface area is 156 Å². The number of carbonyl (C=O) groups is 2. The van der Waals surface area contributed by atoms with Crippen LogP contribution in [0.2, 0.25) is 0 Å². The van der Waals surface area contributed by atoms with E-state index in [0.29, 0.717) is 18.5 Å². The molecule has 2 aromatic carbocycles. The molecule has 0 aromatic heterocycles. The second-order valence-corrected chi connectivity index (χ2v) is 5.44. The van der Waals surface area contributed by atoms with Crippen LogP contribution in [0.3, 0.4) is 0 Å². The number of nitrogens with one attached hydrogen (secondary N) is 1. The summed E-state index contributed by atoms with van der Waals surface area (Å²) in [6.45, 7) is 0.399. The van der Waals surface area contributed by atoms with Crippen molar-refractivity contribution in [1.82, 2.24) is 5.32 Å². The van der Waals surface area contributed by atoms with E-state index in [1.54, 1.807) is 0 Å². The van der Waals surface area contributed by atoms with Crippen LogP contribution in [0, 0.1) is 11.3 Å². The first-order chi connectivity index (χ1) is 13.0. The number of carbonyl (C=O) groups excluding carboxylic acids is 1. The highest BCUT2D eigenvalue weighted by Crippen LogP contribution is 2.29. The minimum absolute atomic E-state index is 0.0213. The quantitative estimate of drug-likeness (QED) is 0.337. The highest BCUT2D eigenvalue weighted by molar-refractivity contribution is 6.01. The molecule has 0 fully saturated rings. The maximum atomic E-state index is 12.2. The average molecular weight is 366 g/mol. The monoisotopic (exact) mass is 366 g/mol. The predicted octanol–water partition coefficient (Wildman–Crippen LogP) is 3.02. The van der Waals surface area contributed by atoms with E-state index in [1.807, 2.05) is 36.4 Å². The minimum atomic E-state index is -1.47. The second kappa shape index (κ2) is 9.63. The highest BCUT2D eigenvalue weighted by atomic mass is 16.7. The summed E-state index contributed by atoms with van der Waals surface area (Å²) in [6, 6.07) is 15.9. The van der Waals surface area contributed by atoms with Crippen molar-refractivity contribution in [3.8, 4) is 17.6 Å². The first kappa shape index (κ1) is 19.5. The lowest BCUT2D eigenvalue weighted by Crippen LogP contribution is -2.26. The normalized spacial score (nSPS) is 10.6. The fourth-order valence-corrected chi connectivity index (χ4v) is 2.33. The van der Waals surface area contributed by atoms with E-state index in [4.69, 9.17) is 9.84 Å². The van der Waals surface area contributed by atoms with Crippen molar-refractivity contribution in [2.75, 3.05) is 13.7 Å². The number of hydrogen-bond acceptors (Lipinski definition) is 5. The summed E-state index contributed by atoms with van der Waals surface area (Å²) >= 11 is 0. The summed E-state index contributed by atoms with van der Waals surface area (Å²) in [6.07, 6.45) is 0.581. The zero-order chi connectivity index (χ0) is 19.6.